The quantitative estimate of drug-likeness (QED) is 0.387. The van der Waals surface area contributed by atoms with Crippen molar-refractivity contribution in [3.63, 3.8) is 0 Å². The van der Waals surface area contributed by atoms with Gasteiger partial charge in [-0.15, -0.1) is 0 Å². The summed E-state index contributed by atoms with van der Waals surface area (Å²) >= 11 is 0. The largest absolute Gasteiger partial charge is 0.497 e. The maximum absolute atomic E-state index is 11.9. The number of guanidine groups is 1. The Kier molecular flexibility index (Phi) is 9.05. The molecule has 29 heavy (non-hydrogen) atoms. The number of methoxy groups -OCH3 is 2. The van der Waals surface area contributed by atoms with Crippen LogP contribution in [0, 0.1) is 5.92 Å². The fourth-order valence-corrected chi connectivity index (χ4v) is 3.31. The Hall–Kier alpha value is -2.48. The summed E-state index contributed by atoms with van der Waals surface area (Å²) in [6.07, 6.45) is 0.683. The lowest BCUT2D eigenvalue weighted by molar-refractivity contribution is -0.149. The van der Waals surface area contributed by atoms with E-state index < -0.39 is 6.10 Å². The summed E-state index contributed by atoms with van der Waals surface area (Å²) in [5, 5.41) is 13.9. The van der Waals surface area contributed by atoms with Gasteiger partial charge in [0.25, 0.3) is 0 Å². The summed E-state index contributed by atoms with van der Waals surface area (Å²) in [6, 6.07) is 5.32. The Morgan fingerprint density at radius 2 is 1.83 bits per heavy atom. The van der Waals surface area contributed by atoms with E-state index in [1.807, 2.05) is 13.8 Å². The molecule has 2 N–H and O–H groups in total. The maximum atomic E-state index is 11.9. The van der Waals surface area contributed by atoms with Gasteiger partial charge in [-0.25, -0.2) is 0 Å². The molecule has 0 aliphatic carbocycles. The Labute approximate surface area is 172 Å². The Morgan fingerprint density at radius 3 is 2.34 bits per heavy atom. The van der Waals surface area contributed by atoms with Crippen molar-refractivity contribution in [3.05, 3.63) is 23.8 Å². The molecule has 1 aromatic carbocycles. The number of esters is 1. The van der Waals surface area contributed by atoms with Crippen molar-refractivity contribution in [2.45, 2.75) is 32.8 Å². The Balaban J connectivity index is 2.03. The number of hydrogen-bond acceptors (Lipinski definition) is 6. The number of benzene rings is 1. The molecule has 0 radical (unpaired) electrons. The van der Waals surface area contributed by atoms with E-state index >= 15 is 0 Å². The van der Waals surface area contributed by atoms with Gasteiger partial charge < -0.3 is 29.5 Å². The monoisotopic (exact) mass is 407 g/mol. The second-order valence-electron chi connectivity index (χ2n) is 6.87. The van der Waals surface area contributed by atoms with Crippen molar-refractivity contribution in [1.29, 1.82) is 0 Å². The Bertz CT molecular complexity index is 665. The zero-order valence-corrected chi connectivity index (χ0v) is 17.8. The van der Waals surface area contributed by atoms with Gasteiger partial charge in [0.05, 0.1) is 39.4 Å². The van der Waals surface area contributed by atoms with Crippen molar-refractivity contribution < 1.29 is 24.1 Å². The highest BCUT2D eigenvalue weighted by Crippen LogP contribution is 2.27. The van der Waals surface area contributed by atoms with E-state index in [0.717, 1.165) is 38.4 Å². The van der Waals surface area contributed by atoms with E-state index in [4.69, 9.17) is 14.2 Å². The molecule has 0 amide bonds. The molecule has 2 rings (SSSR count). The third-order valence-corrected chi connectivity index (χ3v) is 4.92. The second-order valence-corrected chi connectivity index (χ2v) is 6.87. The van der Waals surface area contributed by atoms with Crippen LogP contribution in [0.25, 0.3) is 0 Å². The van der Waals surface area contributed by atoms with Gasteiger partial charge in [0.1, 0.15) is 11.5 Å². The van der Waals surface area contributed by atoms with Gasteiger partial charge in [0, 0.05) is 25.7 Å². The van der Waals surface area contributed by atoms with Gasteiger partial charge in [-0.05, 0) is 44.4 Å². The van der Waals surface area contributed by atoms with E-state index in [0.29, 0.717) is 23.7 Å². The molecule has 1 unspecified atom stereocenters. The summed E-state index contributed by atoms with van der Waals surface area (Å²) in [5.74, 6) is 1.81. The van der Waals surface area contributed by atoms with Crippen molar-refractivity contribution in [3.8, 4) is 11.5 Å². The molecular weight excluding hydrogens is 374 g/mol. The zero-order chi connectivity index (χ0) is 21.2. The number of ether oxygens (including phenoxy) is 3. The van der Waals surface area contributed by atoms with E-state index in [9.17, 15) is 9.90 Å². The molecule has 0 bridgehead atoms. The van der Waals surface area contributed by atoms with Crippen LogP contribution in [-0.2, 0) is 9.53 Å². The summed E-state index contributed by atoms with van der Waals surface area (Å²) in [7, 11) is 3.15. The molecule has 1 aliphatic heterocycles. The van der Waals surface area contributed by atoms with Crippen molar-refractivity contribution in [2.24, 2.45) is 10.9 Å². The highest BCUT2D eigenvalue weighted by atomic mass is 16.5. The van der Waals surface area contributed by atoms with Crippen molar-refractivity contribution in [2.75, 3.05) is 47.0 Å². The van der Waals surface area contributed by atoms with E-state index in [1.54, 1.807) is 32.4 Å². The number of likely N-dealkylation sites (tertiary alicyclic amines) is 1. The number of aliphatic imine (C=N–C) groups is 1. The van der Waals surface area contributed by atoms with Gasteiger partial charge in [-0.1, -0.05) is 0 Å². The van der Waals surface area contributed by atoms with Crippen LogP contribution in [0.1, 0.15) is 38.4 Å². The molecule has 0 aromatic heterocycles. The smallest absolute Gasteiger partial charge is 0.309 e. The molecule has 8 nitrogen and oxygen atoms in total. The van der Waals surface area contributed by atoms with Gasteiger partial charge in [-0.2, -0.15) is 0 Å². The summed E-state index contributed by atoms with van der Waals surface area (Å²) in [6.45, 7) is 6.61. The van der Waals surface area contributed by atoms with Crippen LogP contribution in [0.4, 0.5) is 0 Å². The normalized spacial score (nSPS) is 16.3. The van der Waals surface area contributed by atoms with Gasteiger partial charge >= 0.3 is 5.97 Å². The van der Waals surface area contributed by atoms with Crippen LogP contribution in [-0.4, -0.2) is 68.9 Å². The number of piperidine rings is 1. The lowest BCUT2D eigenvalue weighted by atomic mass is 9.97. The van der Waals surface area contributed by atoms with E-state index in [-0.39, 0.29) is 18.4 Å². The minimum Gasteiger partial charge on any atom is -0.497 e. The fraction of sp³-hybridized carbons (Fsp3) is 0.619. The number of aliphatic hydroxyl groups is 1. The average Bonchev–Trinajstić information content (AvgIpc) is 2.76. The van der Waals surface area contributed by atoms with Crippen molar-refractivity contribution >= 4 is 11.9 Å². The standard InChI is InChI=1S/C21H33N3O5/c1-5-22-21(24-9-7-15(8-10-24)20(26)29-6-2)23-14-19(25)16-11-17(27-3)13-18(12-16)28-4/h11-13,15,19,25H,5-10,14H2,1-4H3,(H,22,23). The van der Waals surface area contributed by atoms with Crippen LogP contribution in [0.5, 0.6) is 11.5 Å². The number of hydrogen-bond donors (Lipinski definition) is 2. The first-order valence-corrected chi connectivity index (χ1v) is 10.1. The number of rotatable bonds is 8. The number of nitrogens with one attached hydrogen (secondary N) is 1. The fourth-order valence-electron chi connectivity index (χ4n) is 3.31. The SMILES string of the molecule is CCNC(=NCC(O)c1cc(OC)cc(OC)c1)N1CCC(C(=O)OCC)CC1. The maximum Gasteiger partial charge on any atom is 0.309 e. The van der Waals surface area contributed by atoms with Crippen LogP contribution < -0.4 is 14.8 Å². The molecule has 1 atom stereocenters. The minimum absolute atomic E-state index is 0.0519. The number of aliphatic hydroxyl groups excluding tert-OH is 1. The molecule has 1 aromatic rings. The highest BCUT2D eigenvalue weighted by Gasteiger charge is 2.27. The minimum atomic E-state index is -0.787. The zero-order valence-electron chi connectivity index (χ0n) is 17.8. The topological polar surface area (TPSA) is 92.6 Å². The predicted molar refractivity (Wildman–Crippen MR) is 111 cm³/mol. The predicted octanol–water partition coefficient (Wildman–Crippen LogP) is 1.98. The van der Waals surface area contributed by atoms with Gasteiger partial charge in [-0.3, -0.25) is 9.79 Å². The molecule has 162 valence electrons. The van der Waals surface area contributed by atoms with Crippen LogP contribution in [0.15, 0.2) is 23.2 Å². The molecule has 1 fully saturated rings. The molecular formula is C21H33N3O5. The van der Waals surface area contributed by atoms with Crippen LogP contribution in [0.2, 0.25) is 0 Å². The van der Waals surface area contributed by atoms with Crippen molar-refractivity contribution in [1.82, 2.24) is 10.2 Å². The van der Waals surface area contributed by atoms with Crippen LogP contribution in [0.3, 0.4) is 0 Å². The van der Waals surface area contributed by atoms with Gasteiger partial charge in [0.15, 0.2) is 5.96 Å². The first-order chi connectivity index (χ1) is 14.0. The first-order valence-electron chi connectivity index (χ1n) is 10.1. The van der Waals surface area contributed by atoms with Gasteiger partial charge in [0.2, 0.25) is 0 Å². The first kappa shape index (κ1) is 22.8. The summed E-state index contributed by atoms with van der Waals surface area (Å²) in [5.41, 5.74) is 0.682. The van der Waals surface area contributed by atoms with E-state index in [2.05, 4.69) is 15.2 Å². The number of carbonyl (C=O) groups is 1. The molecule has 1 aliphatic rings. The molecule has 8 heteroatoms. The van der Waals surface area contributed by atoms with Crippen LogP contribution >= 0.6 is 0 Å². The lowest BCUT2D eigenvalue weighted by Crippen LogP contribution is -2.47. The third kappa shape index (κ3) is 6.52. The highest BCUT2D eigenvalue weighted by molar-refractivity contribution is 5.80. The third-order valence-electron chi connectivity index (χ3n) is 4.92. The Morgan fingerprint density at radius 1 is 1.21 bits per heavy atom. The van der Waals surface area contributed by atoms with E-state index in [1.165, 1.54) is 0 Å². The average molecular weight is 408 g/mol. The molecule has 0 spiro atoms. The molecule has 1 saturated heterocycles. The number of carbonyl (C=O) groups excluding carboxylic acids is 1. The lowest BCUT2D eigenvalue weighted by Gasteiger charge is -2.33. The summed E-state index contributed by atoms with van der Waals surface area (Å²) < 4.78 is 15.7. The second kappa shape index (κ2) is 11.5. The summed E-state index contributed by atoms with van der Waals surface area (Å²) in [4.78, 5) is 18.7. The number of nitrogens with zero attached hydrogens (tertiary/aromatic N) is 2. The molecule has 1 heterocycles. The molecule has 0 saturated carbocycles.